The van der Waals surface area contributed by atoms with E-state index in [0.29, 0.717) is 18.7 Å². The van der Waals surface area contributed by atoms with Crippen LogP contribution < -0.4 is 10.6 Å². The number of fused-ring (bicyclic) bond motifs is 1. The van der Waals surface area contributed by atoms with Gasteiger partial charge in [-0.05, 0) is 41.6 Å². The summed E-state index contributed by atoms with van der Waals surface area (Å²) in [6.07, 6.45) is 0.249. The van der Waals surface area contributed by atoms with Gasteiger partial charge in [0.15, 0.2) is 0 Å². The highest BCUT2D eigenvalue weighted by atomic mass is 16.2. The number of carbonyl (C=O) groups is 2. The second-order valence-corrected chi connectivity index (χ2v) is 7.52. The largest absolute Gasteiger partial charge is 0.354 e. The van der Waals surface area contributed by atoms with Gasteiger partial charge >= 0.3 is 0 Å². The van der Waals surface area contributed by atoms with Crippen LogP contribution >= 0.6 is 0 Å². The molecule has 2 amide bonds. The molecule has 0 fully saturated rings. The zero-order valence-electron chi connectivity index (χ0n) is 18.3. The number of nitrogens with zero attached hydrogens (tertiary/aromatic N) is 1. The molecule has 0 saturated heterocycles. The van der Waals surface area contributed by atoms with Gasteiger partial charge in [0, 0.05) is 25.1 Å². The Hall–Kier alpha value is -3.18. The Morgan fingerprint density at radius 2 is 1.52 bits per heavy atom. The summed E-state index contributed by atoms with van der Waals surface area (Å²) in [5, 5.41) is 8.01. The normalized spacial score (nSPS) is 12.0. The molecule has 0 aliphatic carbocycles. The first-order chi connectivity index (χ1) is 15.1. The lowest BCUT2D eigenvalue weighted by molar-refractivity contribution is -0.121. The van der Waals surface area contributed by atoms with Gasteiger partial charge in [-0.15, -0.1) is 0 Å². The Morgan fingerprint density at radius 1 is 0.839 bits per heavy atom. The lowest BCUT2D eigenvalue weighted by Gasteiger charge is -2.30. The zero-order chi connectivity index (χ0) is 22.1. The molecule has 1 atom stereocenters. The van der Waals surface area contributed by atoms with Crippen LogP contribution in [0, 0.1) is 0 Å². The van der Waals surface area contributed by atoms with E-state index < -0.39 is 0 Å². The van der Waals surface area contributed by atoms with Crippen LogP contribution in [0.15, 0.2) is 72.8 Å². The predicted octanol–water partition coefficient (Wildman–Crippen LogP) is 4.16. The van der Waals surface area contributed by atoms with E-state index in [0.717, 1.165) is 23.9 Å². The lowest BCUT2D eigenvalue weighted by atomic mass is 10.0. The van der Waals surface area contributed by atoms with Crippen LogP contribution in [0.2, 0.25) is 0 Å². The fraction of sp³-hybridized carbons (Fsp3) is 0.308. The van der Waals surface area contributed by atoms with Gasteiger partial charge in [0.2, 0.25) is 5.91 Å². The molecule has 0 saturated carbocycles. The minimum Gasteiger partial charge on any atom is -0.354 e. The van der Waals surface area contributed by atoms with Crippen molar-refractivity contribution in [1.82, 2.24) is 15.5 Å². The van der Waals surface area contributed by atoms with Crippen LogP contribution in [-0.4, -0.2) is 42.9 Å². The fourth-order valence-electron chi connectivity index (χ4n) is 3.82. The second-order valence-electron chi connectivity index (χ2n) is 7.52. The molecule has 3 aromatic rings. The van der Waals surface area contributed by atoms with E-state index in [1.54, 1.807) is 0 Å². The summed E-state index contributed by atoms with van der Waals surface area (Å²) in [4.78, 5) is 27.2. The van der Waals surface area contributed by atoms with Crippen molar-refractivity contribution in [2.75, 3.05) is 26.2 Å². The molecule has 5 nitrogen and oxygen atoms in total. The second kappa shape index (κ2) is 11.3. The monoisotopic (exact) mass is 417 g/mol. The molecule has 0 aromatic heterocycles. The highest BCUT2D eigenvalue weighted by Crippen LogP contribution is 2.19. The number of rotatable bonds is 10. The first kappa shape index (κ1) is 22.5. The average molecular weight is 418 g/mol. The summed E-state index contributed by atoms with van der Waals surface area (Å²) >= 11 is 0. The first-order valence-corrected chi connectivity index (χ1v) is 10.9. The van der Waals surface area contributed by atoms with Crippen LogP contribution in [-0.2, 0) is 4.79 Å². The van der Waals surface area contributed by atoms with Gasteiger partial charge in [-0.3, -0.25) is 14.5 Å². The van der Waals surface area contributed by atoms with Crippen molar-refractivity contribution in [2.45, 2.75) is 26.3 Å². The molecule has 3 aromatic carbocycles. The van der Waals surface area contributed by atoms with Gasteiger partial charge in [-0.2, -0.15) is 0 Å². The van der Waals surface area contributed by atoms with E-state index in [9.17, 15) is 9.59 Å². The molecule has 0 heterocycles. The van der Waals surface area contributed by atoms with Crippen LogP contribution in [0.5, 0.6) is 0 Å². The molecular formula is C26H31N3O2. The fourth-order valence-corrected chi connectivity index (χ4v) is 3.82. The third kappa shape index (κ3) is 6.15. The predicted molar refractivity (Wildman–Crippen MR) is 126 cm³/mol. The standard InChI is InChI=1S/C26H31N3O2/c1-3-29(4-2)24(21-11-6-5-7-12-21)19-28-25(30)16-17-27-26(31)23-15-14-20-10-8-9-13-22(20)18-23/h5-15,18,24H,3-4,16-17,19H2,1-2H3,(H,27,31)(H,28,30). The van der Waals surface area contributed by atoms with Gasteiger partial charge < -0.3 is 10.6 Å². The van der Waals surface area contributed by atoms with Gasteiger partial charge in [-0.25, -0.2) is 0 Å². The van der Waals surface area contributed by atoms with Crippen molar-refractivity contribution >= 4 is 22.6 Å². The van der Waals surface area contributed by atoms with Crippen LogP contribution in [0.4, 0.5) is 0 Å². The average Bonchev–Trinajstić information content (AvgIpc) is 2.82. The molecule has 3 rings (SSSR count). The van der Waals surface area contributed by atoms with Crippen molar-refractivity contribution in [3.63, 3.8) is 0 Å². The number of amides is 2. The minimum atomic E-state index is -0.163. The van der Waals surface area contributed by atoms with Gasteiger partial charge in [0.25, 0.3) is 5.91 Å². The number of nitrogens with one attached hydrogen (secondary N) is 2. The number of likely N-dealkylation sites (N-methyl/N-ethyl adjacent to an activating group) is 1. The highest BCUT2D eigenvalue weighted by molar-refractivity contribution is 5.98. The summed E-state index contributed by atoms with van der Waals surface area (Å²) in [6, 6.07) is 23.9. The maximum absolute atomic E-state index is 12.4. The van der Waals surface area contributed by atoms with Crippen molar-refractivity contribution < 1.29 is 9.59 Å². The van der Waals surface area contributed by atoms with Crippen LogP contribution in [0.3, 0.4) is 0 Å². The SMILES string of the molecule is CCN(CC)C(CNC(=O)CCNC(=O)c1ccc2ccccc2c1)c1ccccc1. The lowest BCUT2D eigenvalue weighted by Crippen LogP contribution is -2.39. The molecule has 0 radical (unpaired) electrons. The van der Waals surface area contributed by atoms with E-state index >= 15 is 0 Å². The smallest absolute Gasteiger partial charge is 0.251 e. The summed E-state index contributed by atoms with van der Waals surface area (Å²) in [7, 11) is 0. The number of hydrogen-bond acceptors (Lipinski definition) is 3. The molecule has 31 heavy (non-hydrogen) atoms. The van der Waals surface area contributed by atoms with Gasteiger partial charge in [0.05, 0.1) is 6.04 Å². The Morgan fingerprint density at radius 3 is 2.23 bits per heavy atom. The van der Waals surface area contributed by atoms with Crippen molar-refractivity contribution in [3.05, 3.63) is 83.9 Å². The van der Waals surface area contributed by atoms with E-state index in [-0.39, 0.29) is 24.3 Å². The number of benzene rings is 3. The summed E-state index contributed by atoms with van der Waals surface area (Å²) in [5.74, 6) is -0.226. The molecular weight excluding hydrogens is 386 g/mol. The third-order valence-corrected chi connectivity index (χ3v) is 5.58. The van der Waals surface area contributed by atoms with E-state index in [4.69, 9.17) is 0 Å². The zero-order valence-corrected chi connectivity index (χ0v) is 18.3. The van der Waals surface area contributed by atoms with Crippen LogP contribution in [0.25, 0.3) is 10.8 Å². The molecule has 0 bridgehead atoms. The third-order valence-electron chi connectivity index (χ3n) is 5.58. The van der Waals surface area contributed by atoms with Gasteiger partial charge in [0.1, 0.15) is 0 Å². The number of hydrogen-bond donors (Lipinski definition) is 2. The molecule has 1 unspecified atom stereocenters. The van der Waals surface area contributed by atoms with E-state index in [1.807, 2.05) is 60.7 Å². The van der Waals surface area contributed by atoms with E-state index in [1.165, 1.54) is 5.56 Å². The van der Waals surface area contributed by atoms with E-state index in [2.05, 4.69) is 41.5 Å². The molecule has 2 N–H and O–H groups in total. The summed E-state index contributed by atoms with van der Waals surface area (Å²) in [6.45, 7) is 6.93. The first-order valence-electron chi connectivity index (χ1n) is 10.9. The van der Waals surface area contributed by atoms with Gasteiger partial charge in [-0.1, -0.05) is 74.5 Å². The Labute approximate surface area is 184 Å². The highest BCUT2D eigenvalue weighted by Gasteiger charge is 2.18. The van der Waals surface area contributed by atoms with Crippen molar-refractivity contribution in [1.29, 1.82) is 0 Å². The number of carbonyl (C=O) groups excluding carboxylic acids is 2. The van der Waals surface area contributed by atoms with Crippen molar-refractivity contribution in [2.24, 2.45) is 0 Å². The Balaban J connectivity index is 1.50. The molecule has 0 spiro atoms. The molecule has 5 heteroatoms. The molecule has 0 aliphatic rings. The molecule has 0 aliphatic heterocycles. The maximum Gasteiger partial charge on any atom is 0.251 e. The topological polar surface area (TPSA) is 61.4 Å². The van der Waals surface area contributed by atoms with Crippen molar-refractivity contribution in [3.8, 4) is 0 Å². The quantitative estimate of drug-likeness (QED) is 0.521. The summed E-state index contributed by atoms with van der Waals surface area (Å²) < 4.78 is 0. The van der Waals surface area contributed by atoms with Crippen LogP contribution in [0.1, 0.15) is 42.2 Å². The summed E-state index contributed by atoms with van der Waals surface area (Å²) in [5.41, 5.74) is 1.79. The molecule has 162 valence electrons. The Kier molecular flexibility index (Phi) is 8.19. The Bertz CT molecular complexity index is 1000. The minimum absolute atomic E-state index is 0.0631. The maximum atomic E-state index is 12.4.